The number of guanidine groups is 1. The van der Waals surface area contributed by atoms with E-state index in [1.807, 2.05) is 47.9 Å². The molecule has 3 amide bonds. The van der Waals surface area contributed by atoms with E-state index in [0.717, 1.165) is 16.2 Å². The minimum atomic E-state index is -0.645. The van der Waals surface area contributed by atoms with Gasteiger partial charge in [0.05, 0.1) is 12.8 Å². The van der Waals surface area contributed by atoms with Gasteiger partial charge in [-0.2, -0.15) is 0 Å². The molecule has 8 heteroatoms. The number of likely N-dealkylation sites (N-methyl/N-ethyl adjacent to an activating group) is 2. The molecule has 1 aromatic carbocycles. The van der Waals surface area contributed by atoms with E-state index in [0.29, 0.717) is 24.9 Å². The maximum Gasteiger partial charge on any atom is 0.390 e. The summed E-state index contributed by atoms with van der Waals surface area (Å²) >= 11 is 0. The third kappa shape index (κ3) is 3.06. The number of hydrogen-bond donors (Lipinski definition) is 1. The molecule has 2 aromatic rings. The summed E-state index contributed by atoms with van der Waals surface area (Å²) in [6.07, 6.45) is 1.61. The summed E-state index contributed by atoms with van der Waals surface area (Å²) in [7, 11) is 3.13. The van der Waals surface area contributed by atoms with Crippen molar-refractivity contribution >= 4 is 23.7 Å². The van der Waals surface area contributed by atoms with Gasteiger partial charge in [-0.25, -0.2) is 9.37 Å². The summed E-state index contributed by atoms with van der Waals surface area (Å²) in [6.45, 7) is 2.95. The normalized spacial score (nSPS) is 19.2. The lowest BCUT2D eigenvalue weighted by Gasteiger charge is -2.31. The average molecular weight is 380 g/mol. The third-order valence-corrected chi connectivity index (χ3v) is 5.01. The molecule has 1 aromatic heterocycles. The number of carbonyl (C=O) groups excluding carboxylic acids is 2. The first-order valence-electron chi connectivity index (χ1n) is 9.05. The van der Waals surface area contributed by atoms with E-state index < -0.39 is 6.04 Å². The SMILES string of the molecule is Cc1ccc(C[N+]2=C(NCc3ccco3)N=C3C2C(=O)N(C)C(=O)N3C)cc1. The molecule has 1 saturated heterocycles. The number of rotatable bonds is 4. The first-order chi connectivity index (χ1) is 13.5. The number of hydrogen-bond acceptors (Lipinski definition) is 5. The van der Waals surface area contributed by atoms with Crippen LogP contribution in [0.1, 0.15) is 16.9 Å². The number of nitrogens with one attached hydrogen (secondary N) is 1. The zero-order valence-electron chi connectivity index (χ0n) is 16.0. The van der Waals surface area contributed by atoms with Crippen molar-refractivity contribution in [1.82, 2.24) is 15.1 Å². The second-order valence-electron chi connectivity index (χ2n) is 6.98. The number of amidine groups is 1. The van der Waals surface area contributed by atoms with Gasteiger partial charge in [0.25, 0.3) is 5.91 Å². The maximum atomic E-state index is 12.9. The summed E-state index contributed by atoms with van der Waals surface area (Å²) in [5.41, 5.74) is 2.22. The van der Waals surface area contributed by atoms with E-state index >= 15 is 0 Å². The highest BCUT2D eigenvalue weighted by Crippen LogP contribution is 2.20. The minimum absolute atomic E-state index is 0.288. The van der Waals surface area contributed by atoms with E-state index in [2.05, 4.69) is 10.3 Å². The summed E-state index contributed by atoms with van der Waals surface area (Å²) < 4.78 is 7.27. The summed E-state index contributed by atoms with van der Waals surface area (Å²) in [4.78, 5) is 32.4. The van der Waals surface area contributed by atoms with Crippen molar-refractivity contribution in [3.63, 3.8) is 0 Å². The van der Waals surface area contributed by atoms with Gasteiger partial charge >= 0.3 is 12.0 Å². The first-order valence-corrected chi connectivity index (χ1v) is 9.05. The van der Waals surface area contributed by atoms with Crippen molar-refractivity contribution in [1.29, 1.82) is 0 Å². The fourth-order valence-electron chi connectivity index (χ4n) is 3.38. The van der Waals surface area contributed by atoms with Gasteiger partial charge in [-0.15, -0.1) is 0 Å². The molecule has 1 N–H and O–H groups in total. The number of furan rings is 1. The van der Waals surface area contributed by atoms with Crippen molar-refractivity contribution in [2.75, 3.05) is 14.1 Å². The van der Waals surface area contributed by atoms with Crippen molar-refractivity contribution in [2.24, 2.45) is 4.99 Å². The highest BCUT2D eigenvalue weighted by atomic mass is 16.3. The van der Waals surface area contributed by atoms with Crippen LogP contribution in [0.15, 0.2) is 52.1 Å². The zero-order valence-corrected chi connectivity index (χ0v) is 16.0. The van der Waals surface area contributed by atoms with Crippen LogP contribution in [0.4, 0.5) is 4.79 Å². The molecule has 1 unspecified atom stereocenters. The van der Waals surface area contributed by atoms with E-state index in [4.69, 9.17) is 4.42 Å². The molecule has 0 saturated carbocycles. The van der Waals surface area contributed by atoms with Crippen LogP contribution in [-0.4, -0.2) is 58.2 Å². The van der Waals surface area contributed by atoms with Crippen LogP contribution in [0.2, 0.25) is 0 Å². The van der Waals surface area contributed by atoms with Crippen molar-refractivity contribution in [2.45, 2.75) is 26.1 Å². The Morgan fingerprint density at radius 2 is 1.89 bits per heavy atom. The molecule has 0 bridgehead atoms. The largest absolute Gasteiger partial charge is 0.466 e. The monoisotopic (exact) mass is 380 g/mol. The van der Waals surface area contributed by atoms with Gasteiger partial charge in [-0.3, -0.25) is 19.9 Å². The van der Waals surface area contributed by atoms with Gasteiger partial charge in [0, 0.05) is 14.1 Å². The molecule has 144 valence electrons. The number of amides is 3. The number of aryl methyl sites for hydroxylation is 1. The lowest BCUT2D eigenvalue weighted by molar-refractivity contribution is -0.553. The smallest absolute Gasteiger partial charge is 0.390 e. The van der Waals surface area contributed by atoms with Gasteiger partial charge in [0.1, 0.15) is 12.3 Å². The molecule has 3 heterocycles. The van der Waals surface area contributed by atoms with E-state index in [-0.39, 0.29) is 11.9 Å². The van der Waals surface area contributed by atoms with Crippen LogP contribution in [0.5, 0.6) is 0 Å². The molecular weight excluding hydrogens is 358 g/mol. The topological polar surface area (TPSA) is 81.2 Å². The molecule has 2 aliphatic rings. The van der Waals surface area contributed by atoms with E-state index in [1.165, 1.54) is 17.5 Å². The van der Waals surface area contributed by atoms with Crippen molar-refractivity contribution < 1.29 is 18.6 Å². The van der Waals surface area contributed by atoms with Gasteiger partial charge in [0.15, 0.2) is 0 Å². The predicted molar refractivity (Wildman–Crippen MR) is 103 cm³/mol. The highest BCUT2D eigenvalue weighted by Gasteiger charge is 2.51. The third-order valence-electron chi connectivity index (χ3n) is 5.01. The van der Waals surface area contributed by atoms with Crippen molar-refractivity contribution in [3.05, 3.63) is 59.5 Å². The van der Waals surface area contributed by atoms with Crippen LogP contribution < -0.4 is 5.32 Å². The number of nitrogens with zero attached hydrogens (tertiary/aromatic N) is 4. The van der Waals surface area contributed by atoms with Crippen LogP contribution in [0.25, 0.3) is 0 Å². The number of imide groups is 1. The molecule has 2 aliphatic heterocycles. The lowest BCUT2D eigenvalue weighted by atomic mass is 10.1. The molecule has 1 fully saturated rings. The molecule has 8 nitrogen and oxygen atoms in total. The van der Waals surface area contributed by atoms with Gasteiger partial charge in [-0.05, 0) is 24.6 Å². The fourth-order valence-corrected chi connectivity index (χ4v) is 3.38. The quantitative estimate of drug-likeness (QED) is 0.816. The summed E-state index contributed by atoms with van der Waals surface area (Å²) in [5, 5.41) is 3.25. The molecule has 1 atom stereocenters. The van der Waals surface area contributed by atoms with E-state index in [1.54, 1.807) is 13.3 Å². The molecule has 0 spiro atoms. The van der Waals surface area contributed by atoms with Crippen LogP contribution in [-0.2, 0) is 17.9 Å². The molecule has 4 rings (SSSR count). The number of benzene rings is 1. The Labute approximate surface area is 162 Å². The van der Waals surface area contributed by atoms with Crippen LogP contribution in [0, 0.1) is 6.92 Å². The summed E-state index contributed by atoms with van der Waals surface area (Å²) in [6, 6.07) is 10.8. The Hall–Kier alpha value is -3.42. The fraction of sp³-hybridized carbons (Fsp3) is 0.300. The number of carbonyl (C=O) groups is 2. The second kappa shape index (κ2) is 6.95. The van der Waals surface area contributed by atoms with Gasteiger partial charge in [0.2, 0.25) is 11.9 Å². The molecule has 0 radical (unpaired) electrons. The Morgan fingerprint density at radius 3 is 2.57 bits per heavy atom. The molecular formula is C20H22N5O3+. The number of urea groups is 1. The number of fused-ring (bicyclic) bond motifs is 1. The summed E-state index contributed by atoms with van der Waals surface area (Å²) in [5.74, 6) is 1.44. The zero-order chi connectivity index (χ0) is 19.8. The second-order valence-corrected chi connectivity index (χ2v) is 6.98. The van der Waals surface area contributed by atoms with Gasteiger partial charge in [-0.1, -0.05) is 34.8 Å². The Balaban J connectivity index is 1.69. The average Bonchev–Trinajstić information content (AvgIpc) is 3.33. The Morgan fingerprint density at radius 1 is 1.14 bits per heavy atom. The first kappa shape index (κ1) is 18.0. The highest BCUT2D eigenvalue weighted by molar-refractivity contribution is 6.22. The van der Waals surface area contributed by atoms with E-state index in [9.17, 15) is 9.59 Å². The number of aliphatic imine (C=N–C) groups is 1. The van der Waals surface area contributed by atoms with Crippen molar-refractivity contribution in [3.8, 4) is 0 Å². The lowest BCUT2D eigenvalue weighted by Crippen LogP contribution is -2.61. The predicted octanol–water partition coefficient (Wildman–Crippen LogP) is 1.55. The standard InChI is InChI=1S/C20H21N5O3/c1-13-6-8-14(9-7-13)12-25-16-17(23(2)20(27)24(3)18(16)26)22-19(25)21-11-15-5-4-10-28-15/h4-10,16H,11-12H2,1-3H3/p+1. The molecule has 28 heavy (non-hydrogen) atoms. The maximum absolute atomic E-state index is 12.9. The Bertz CT molecular complexity index is 976. The Kier molecular flexibility index (Phi) is 4.46. The van der Waals surface area contributed by atoms with Gasteiger partial charge < -0.3 is 4.42 Å². The van der Waals surface area contributed by atoms with Crippen LogP contribution >= 0.6 is 0 Å². The van der Waals surface area contributed by atoms with Crippen LogP contribution in [0.3, 0.4) is 0 Å². The molecule has 0 aliphatic carbocycles. The minimum Gasteiger partial charge on any atom is -0.466 e.